The molecule has 0 amide bonds. The molecule has 0 aliphatic heterocycles. The first kappa shape index (κ1) is 18.9. The lowest BCUT2D eigenvalue weighted by atomic mass is 9.97. The van der Waals surface area contributed by atoms with Gasteiger partial charge in [-0.1, -0.05) is 30.7 Å². The Morgan fingerprint density at radius 3 is 2.89 bits per heavy atom. The van der Waals surface area contributed by atoms with E-state index in [0.717, 1.165) is 53.6 Å². The Balaban J connectivity index is 1.91. The lowest BCUT2D eigenvalue weighted by molar-refractivity contribution is -0.144. The third-order valence-corrected chi connectivity index (χ3v) is 6.29. The summed E-state index contributed by atoms with van der Waals surface area (Å²) in [6.45, 7) is 4.19. The topological polar surface area (TPSA) is 61.2 Å². The first-order valence-corrected chi connectivity index (χ1v) is 10.7. The number of benzene rings is 1. The third kappa shape index (κ3) is 3.49. The van der Waals surface area contributed by atoms with Gasteiger partial charge in [-0.25, -0.2) is 4.98 Å². The molecule has 4 rings (SSSR count). The normalized spacial score (nSPS) is 13.5. The summed E-state index contributed by atoms with van der Waals surface area (Å²) in [5, 5.41) is 0.694. The standard InChI is InChI=1S/C22H24N2O3S/c1-3-11-27-18(25)13-24-20(15-8-6-7-14(2)12-15)23-21-19(22(24)26)16-9-4-5-10-17(16)28-21/h6-8,12H,3-5,9-11,13H2,1-2H3. The van der Waals surface area contributed by atoms with E-state index in [0.29, 0.717) is 17.8 Å². The second kappa shape index (κ2) is 7.87. The fourth-order valence-corrected chi connectivity index (χ4v) is 5.03. The molecule has 1 aliphatic rings. The minimum absolute atomic E-state index is 0.115. The number of nitrogens with zero attached hydrogens (tertiary/aromatic N) is 2. The van der Waals surface area contributed by atoms with Crippen LogP contribution in [0.1, 0.15) is 42.2 Å². The Morgan fingerprint density at radius 1 is 1.29 bits per heavy atom. The molecule has 0 spiro atoms. The van der Waals surface area contributed by atoms with E-state index in [1.165, 1.54) is 9.44 Å². The minimum Gasteiger partial charge on any atom is -0.464 e. The highest BCUT2D eigenvalue weighted by atomic mass is 32.1. The van der Waals surface area contributed by atoms with Crippen LogP contribution in [0.5, 0.6) is 0 Å². The van der Waals surface area contributed by atoms with Crippen LogP contribution in [0.4, 0.5) is 0 Å². The van der Waals surface area contributed by atoms with Crippen LogP contribution in [0, 0.1) is 6.92 Å². The van der Waals surface area contributed by atoms with Gasteiger partial charge in [0, 0.05) is 10.4 Å². The molecule has 28 heavy (non-hydrogen) atoms. The zero-order chi connectivity index (χ0) is 19.7. The van der Waals surface area contributed by atoms with E-state index in [1.54, 1.807) is 11.3 Å². The van der Waals surface area contributed by atoms with E-state index in [9.17, 15) is 9.59 Å². The molecule has 0 fully saturated rings. The molecule has 0 saturated carbocycles. The van der Waals surface area contributed by atoms with E-state index in [-0.39, 0.29) is 12.1 Å². The van der Waals surface area contributed by atoms with Crippen LogP contribution in [0.15, 0.2) is 29.1 Å². The maximum Gasteiger partial charge on any atom is 0.326 e. The van der Waals surface area contributed by atoms with Crippen LogP contribution in [0.2, 0.25) is 0 Å². The molecule has 0 atom stereocenters. The number of thiophene rings is 1. The second-order valence-electron chi connectivity index (χ2n) is 7.31. The van der Waals surface area contributed by atoms with Crippen LogP contribution >= 0.6 is 11.3 Å². The van der Waals surface area contributed by atoms with E-state index in [2.05, 4.69) is 0 Å². The largest absolute Gasteiger partial charge is 0.464 e. The predicted molar refractivity (Wildman–Crippen MR) is 112 cm³/mol. The molecule has 0 bridgehead atoms. The van der Waals surface area contributed by atoms with E-state index in [4.69, 9.17) is 9.72 Å². The van der Waals surface area contributed by atoms with Gasteiger partial charge in [0.15, 0.2) is 0 Å². The molecular formula is C22H24N2O3S. The number of rotatable bonds is 5. The number of fused-ring (bicyclic) bond motifs is 3. The summed E-state index contributed by atoms with van der Waals surface area (Å²) in [7, 11) is 0. The van der Waals surface area contributed by atoms with Crippen molar-refractivity contribution >= 4 is 27.5 Å². The van der Waals surface area contributed by atoms with Gasteiger partial charge < -0.3 is 4.74 Å². The Morgan fingerprint density at radius 2 is 2.11 bits per heavy atom. The number of carbonyl (C=O) groups excluding carboxylic acids is 1. The van der Waals surface area contributed by atoms with Gasteiger partial charge in [-0.05, 0) is 50.7 Å². The number of hydrogen-bond acceptors (Lipinski definition) is 5. The molecule has 0 saturated heterocycles. The molecular weight excluding hydrogens is 372 g/mol. The van der Waals surface area contributed by atoms with Crippen LogP contribution in [-0.4, -0.2) is 22.1 Å². The summed E-state index contributed by atoms with van der Waals surface area (Å²) >= 11 is 1.63. The van der Waals surface area contributed by atoms with Crippen molar-refractivity contribution in [3.05, 3.63) is 50.6 Å². The predicted octanol–water partition coefficient (Wildman–Crippen LogP) is 4.27. The highest BCUT2D eigenvalue weighted by Gasteiger charge is 2.23. The molecule has 5 nitrogen and oxygen atoms in total. The number of hydrogen-bond donors (Lipinski definition) is 0. The zero-order valence-electron chi connectivity index (χ0n) is 16.3. The van der Waals surface area contributed by atoms with E-state index >= 15 is 0 Å². The van der Waals surface area contributed by atoms with Crippen molar-refractivity contribution in [2.24, 2.45) is 0 Å². The van der Waals surface area contributed by atoms with Gasteiger partial charge in [-0.3, -0.25) is 14.2 Å². The SMILES string of the molecule is CCCOC(=O)Cn1c(-c2cccc(C)c2)nc2sc3c(c2c1=O)CCCC3. The Labute approximate surface area is 168 Å². The van der Waals surface area contributed by atoms with Crippen molar-refractivity contribution < 1.29 is 9.53 Å². The summed E-state index contributed by atoms with van der Waals surface area (Å²) in [5.41, 5.74) is 2.93. The summed E-state index contributed by atoms with van der Waals surface area (Å²) in [6.07, 6.45) is 4.92. The van der Waals surface area contributed by atoms with Gasteiger partial charge in [-0.15, -0.1) is 11.3 Å². The van der Waals surface area contributed by atoms with Crippen LogP contribution in [0.25, 0.3) is 21.6 Å². The van der Waals surface area contributed by atoms with E-state index < -0.39 is 5.97 Å². The van der Waals surface area contributed by atoms with Gasteiger partial charge in [-0.2, -0.15) is 0 Å². The maximum atomic E-state index is 13.5. The first-order chi connectivity index (χ1) is 13.6. The van der Waals surface area contributed by atoms with Gasteiger partial charge >= 0.3 is 5.97 Å². The molecule has 1 aliphatic carbocycles. The summed E-state index contributed by atoms with van der Waals surface area (Å²) in [4.78, 5) is 32.7. The Bertz CT molecular complexity index is 1100. The minimum atomic E-state index is -0.400. The van der Waals surface area contributed by atoms with Gasteiger partial charge in [0.05, 0.1) is 12.0 Å². The highest BCUT2D eigenvalue weighted by molar-refractivity contribution is 7.18. The fraction of sp³-hybridized carbons (Fsp3) is 0.409. The molecule has 146 valence electrons. The van der Waals surface area contributed by atoms with Gasteiger partial charge in [0.25, 0.3) is 5.56 Å². The van der Waals surface area contributed by atoms with Crippen molar-refractivity contribution in [2.45, 2.75) is 52.5 Å². The first-order valence-electron chi connectivity index (χ1n) is 9.86. The van der Waals surface area contributed by atoms with Crippen LogP contribution < -0.4 is 5.56 Å². The quantitative estimate of drug-likeness (QED) is 0.605. The Hall–Kier alpha value is -2.47. The molecule has 2 heterocycles. The molecule has 0 unspecified atom stereocenters. The number of aromatic nitrogens is 2. The molecule has 0 radical (unpaired) electrons. The average molecular weight is 397 g/mol. The lowest BCUT2D eigenvalue weighted by Gasteiger charge is -2.14. The number of carbonyl (C=O) groups is 1. The molecule has 2 aromatic heterocycles. The van der Waals surface area contributed by atoms with E-state index in [1.807, 2.05) is 38.1 Å². The average Bonchev–Trinajstić information content (AvgIpc) is 3.07. The number of ether oxygens (including phenoxy) is 1. The molecule has 0 N–H and O–H groups in total. The van der Waals surface area contributed by atoms with Crippen LogP contribution in [-0.2, 0) is 28.9 Å². The van der Waals surface area contributed by atoms with Crippen molar-refractivity contribution in [3.63, 3.8) is 0 Å². The summed E-state index contributed by atoms with van der Waals surface area (Å²) in [5.74, 6) is 0.136. The number of aryl methyl sites for hydroxylation is 3. The molecule has 3 aromatic rings. The molecule has 6 heteroatoms. The zero-order valence-corrected chi connectivity index (χ0v) is 17.1. The third-order valence-electron chi connectivity index (χ3n) is 5.11. The maximum absolute atomic E-state index is 13.5. The van der Waals surface area contributed by atoms with Crippen molar-refractivity contribution in [2.75, 3.05) is 6.61 Å². The van der Waals surface area contributed by atoms with Gasteiger partial charge in [0.2, 0.25) is 0 Å². The summed E-state index contributed by atoms with van der Waals surface area (Å²) in [6, 6.07) is 7.88. The van der Waals surface area contributed by atoms with Gasteiger partial charge in [0.1, 0.15) is 17.2 Å². The van der Waals surface area contributed by atoms with Crippen molar-refractivity contribution in [1.82, 2.24) is 9.55 Å². The number of esters is 1. The fourth-order valence-electron chi connectivity index (χ4n) is 3.78. The summed E-state index contributed by atoms with van der Waals surface area (Å²) < 4.78 is 6.74. The highest BCUT2D eigenvalue weighted by Crippen LogP contribution is 2.34. The lowest BCUT2D eigenvalue weighted by Crippen LogP contribution is -2.28. The van der Waals surface area contributed by atoms with Crippen molar-refractivity contribution in [3.8, 4) is 11.4 Å². The van der Waals surface area contributed by atoms with Crippen LogP contribution in [0.3, 0.4) is 0 Å². The smallest absolute Gasteiger partial charge is 0.326 e. The Kier molecular flexibility index (Phi) is 5.31. The monoisotopic (exact) mass is 396 g/mol. The van der Waals surface area contributed by atoms with Crippen molar-refractivity contribution in [1.29, 1.82) is 0 Å². The second-order valence-corrected chi connectivity index (χ2v) is 8.39. The molecule has 1 aromatic carbocycles.